The van der Waals surface area contributed by atoms with Crippen molar-refractivity contribution in [2.45, 2.75) is 0 Å². The molecule has 1 rings (SSSR count). The summed E-state index contributed by atoms with van der Waals surface area (Å²) >= 11 is 0. The summed E-state index contributed by atoms with van der Waals surface area (Å²) in [7, 11) is 3.10. The maximum atomic E-state index is 11.1. The fourth-order valence-electron chi connectivity index (χ4n) is 1.59. The molecule has 1 aromatic carbocycles. The number of nitrogens with zero attached hydrogens (tertiary/aromatic N) is 2. The number of rotatable bonds is 6. The molecule has 1 aromatic rings. The van der Waals surface area contributed by atoms with Crippen LogP contribution in [0.3, 0.4) is 0 Å². The van der Waals surface area contributed by atoms with E-state index in [2.05, 4.69) is 0 Å². The van der Waals surface area contributed by atoms with Gasteiger partial charge in [0.05, 0.1) is 17.1 Å². The van der Waals surface area contributed by atoms with E-state index in [-0.39, 0.29) is 16.9 Å². The summed E-state index contributed by atoms with van der Waals surface area (Å²) < 4.78 is 4.88. The molecule has 0 radical (unpaired) electrons. The number of nitro groups is 1. The van der Waals surface area contributed by atoms with Crippen LogP contribution < -0.4 is 4.90 Å². The van der Waals surface area contributed by atoms with Crippen molar-refractivity contribution in [2.24, 2.45) is 0 Å². The number of nitro benzene ring substituents is 1. The molecule has 0 unspecified atom stereocenters. The van der Waals surface area contributed by atoms with Crippen LogP contribution in [0.25, 0.3) is 0 Å². The van der Waals surface area contributed by atoms with Gasteiger partial charge in [0.1, 0.15) is 5.69 Å². The van der Waals surface area contributed by atoms with E-state index in [9.17, 15) is 14.9 Å². The number of carboxylic acid groups (broad SMARTS) is 1. The lowest BCUT2D eigenvalue weighted by atomic mass is 10.1. The average Bonchev–Trinajstić information content (AvgIpc) is 2.34. The maximum absolute atomic E-state index is 11.1. The Labute approximate surface area is 104 Å². The number of para-hydroxylation sites is 1. The third-order valence-corrected chi connectivity index (χ3v) is 2.45. The molecular weight excluding hydrogens is 240 g/mol. The van der Waals surface area contributed by atoms with Crippen LogP contribution in [-0.4, -0.2) is 43.3 Å². The van der Waals surface area contributed by atoms with Gasteiger partial charge in [0.2, 0.25) is 0 Å². The highest BCUT2D eigenvalue weighted by molar-refractivity contribution is 5.97. The largest absolute Gasteiger partial charge is 0.478 e. The zero-order valence-electron chi connectivity index (χ0n) is 10.1. The van der Waals surface area contributed by atoms with E-state index >= 15 is 0 Å². The van der Waals surface area contributed by atoms with Crippen molar-refractivity contribution in [2.75, 3.05) is 32.2 Å². The third-order valence-electron chi connectivity index (χ3n) is 2.45. The van der Waals surface area contributed by atoms with Gasteiger partial charge in [-0.3, -0.25) is 10.1 Å². The van der Waals surface area contributed by atoms with Crippen LogP contribution in [0.1, 0.15) is 10.4 Å². The van der Waals surface area contributed by atoms with Crippen molar-refractivity contribution in [3.05, 3.63) is 33.9 Å². The van der Waals surface area contributed by atoms with Gasteiger partial charge in [0.25, 0.3) is 5.69 Å². The molecule has 0 atom stereocenters. The normalized spacial score (nSPS) is 10.1. The summed E-state index contributed by atoms with van der Waals surface area (Å²) in [4.78, 5) is 22.9. The summed E-state index contributed by atoms with van der Waals surface area (Å²) in [5.74, 6) is -1.20. The molecule has 0 saturated carbocycles. The van der Waals surface area contributed by atoms with Gasteiger partial charge in [-0.1, -0.05) is 6.07 Å². The van der Waals surface area contributed by atoms with E-state index in [4.69, 9.17) is 9.84 Å². The number of anilines is 1. The number of aromatic carboxylic acids is 1. The minimum Gasteiger partial charge on any atom is -0.478 e. The van der Waals surface area contributed by atoms with E-state index in [1.54, 1.807) is 7.05 Å². The van der Waals surface area contributed by atoms with E-state index in [0.29, 0.717) is 13.2 Å². The highest BCUT2D eigenvalue weighted by Gasteiger charge is 2.24. The van der Waals surface area contributed by atoms with Crippen molar-refractivity contribution >= 4 is 17.3 Å². The Kier molecular flexibility index (Phi) is 4.61. The van der Waals surface area contributed by atoms with E-state index in [1.807, 2.05) is 0 Å². The van der Waals surface area contributed by atoms with Crippen LogP contribution in [0.4, 0.5) is 11.4 Å². The second-order valence-corrected chi connectivity index (χ2v) is 3.65. The van der Waals surface area contributed by atoms with Crippen LogP contribution in [0.2, 0.25) is 0 Å². The molecule has 0 fully saturated rings. The molecule has 7 heteroatoms. The van der Waals surface area contributed by atoms with Gasteiger partial charge < -0.3 is 14.7 Å². The second kappa shape index (κ2) is 5.97. The van der Waals surface area contributed by atoms with E-state index < -0.39 is 10.9 Å². The molecular formula is C11H14N2O5. The van der Waals surface area contributed by atoms with E-state index in [1.165, 1.54) is 30.2 Å². The highest BCUT2D eigenvalue weighted by Crippen LogP contribution is 2.31. The maximum Gasteiger partial charge on any atom is 0.338 e. The molecule has 0 aliphatic heterocycles. The molecule has 0 spiro atoms. The number of likely N-dealkylation sites (N-methyl/N-ethyl adjacent to an activating group) is 1. The van der Waals surface area contributed by atoms with Crippen LogP contribution in [0, 0.1) is 10.1 Å². The molecule has 98 valence electrons. The lowest BCUT2D eigenvalue weighted by molar-refractivity contribution is -0.384. The van der Waals surface area contributed by atoms with Gasteiger partial charge in [0, 0.05) is 26.8 Å². The Bertz CT molecular complexity index is 428. The molecule has 0 aromatic heterocycles. The first-order chi connectivity index (χ1) is 8.49. The molecule has 0 saturated heterocycles. The Balaban J connectivity index is 3.26. The van der Waals surface area contributed by atoms with Crippen molar-refractivity contribution in [3.63, 3.8) is 0 Å². The fourth-order valence-corrected chi connectivity index (χ4v) is 1.59. The first kappa shape index (κ1) is 13.9. The Hall–Kier alpha value is -2.15. The molecule has 18 heavy (non-hydrogen) atoms. The van der Waals surface area contributed by atoms with Gasteiger partial charge >= 0.3 is 5.97 Å². The van der Waals surface area contributed by atoms with Gasteiger partial charge in [0.15, 0.2) is 0 Å². The van der Waals surface area contributed by atoms with E-state index in [0.717, 1.165) is 0 Å². The van der Waals surface area contributed by atoms with Crippen LogP contribution >= 0.6 is 0 Å². The Morgan fingerprint density at radius 1 is 1.56 bits per heavy atom. The molecule has 0 bridgehead atoms. The van der Waals surface area contributed by atoms with Crippen molar-refractivity contribution in [1.82, 2.24) is 0 Å². The first-order valence-electron chi connectivity index (χ1n) is 5.19. The fraction of sp³-hybridized carbons (Fsp3) is 0.364. The molecule has 1 N–H and O–H groups in total. The number of carbonyl (C=O) groups is 1. The predicted octanol–water partition coefficient (Wildman–Crippen LogP) is 1.38. The Morgan fingerprint density at radius 3 is 2.72 bits per heavy atom. The summed E-state index contributed by atoms with van der Waals surface area (Å²) in [5.41, 5.74) is -0.233. The second-order valence-electron chi connectivity index (χ2n) is 3.65. The minimum atomic E-state index is -1.20. The Morgan fingerprint density at radius 2 is 2.22 bits per heavy atom. The van der Waals surface area contributed by atoms with Crippen molar-refractivity contribution in [1.29, 1.82) is 0 Å². The van der Waals surface area contributed by atoms with Gasteiger partial charge in [-0.2, -0.15) is 0 Å². The lowest BCUT2D eigenvalue weighted by Gasteiger charge is -2.20. The SMILES string of the molecule is COCCN(C)c1c(C(=O)O)cccc1[N+](=O)[O-]. The summed E-state index contributed by atoms with van der Waals surface area (Å²) in [6.07, 6.45) is 0. The predicted molar refractivity (Wildman–Crippen MR) is 65.2 cm³/mol. The summed E-state index contributed by atoms with van der Waals surface area (Å²) in [5, 5.41) is 20.0. The molecule has 7 nitrogen and oxygen atoms in total. The molecule has 0 aliphatic rings. The van der Waals surface area contributed by atoms with Gasteiger partial charge in [-0.25, -0.2) is 4.79 Å². The minimum absolute atomic E-state index is 0.0899. The molecule has 0 heterocycles. The number of ether oxygens (including phenoxy) is 1. The van der Waals surface area contributed by atoms with Gasteiger partial charge in [-0.15, -0.1) is 0 Å². The molecule has 0 amide bonds. The number of benzene rings is 1. The third kappa shape index (κ3) is 2.95. The van der Waals surface area contributed by atoms with Crippen molar-refractivity contribution in [3.8, 4) is 0 Å². The van der Waals surface area contributed by atoms with Crippen LogP contribution in [0.15, 0.2) is 18.2 Å². The summed E-state index contributed by atoms with van der Waals surface area (Å²) in [6.45, 7) is 0.712. The first-order valence-corrected chi connectivity index (χ1v) is 5.19. The number of hydrogen-bond donors (Lipinski definition) is 1. The van der Waals surface area contributed by atoms with Crippen molar-refractivity contribution < 1.29 is 19.6 Å². The lowest BCUT2D eigenvalue weighted by Crippen LogP contribution is -2.25. The highest BCUT2D eigenvalue weighted by atomic mass is 16.6. The standard InChI is InChI=1S/C11H14N2O5/c1-12(6-7-18-2)10-8(11(14)15)4-3-5-9(10)13(16)17/h3-5H,6-7H2,1-2H3,(H,14,15). The number of hydrogen-bond acceptors (Lipinski definition) is 5. The number of carboxylic acids is 1. The van der Waals surface area contributed by atoms with Crippen LogP contribution in [-0.2, 0) is 4.74 Å². The average molecular weight is 254 g/mol. The zero-order chi connectivity index (χ0) is 13.7. The monoisotopic (exact) mass is 254 g/mol. The smallest absolute Gasteiger partial charge is 0.338 e. The quantitative estimate of drug-likeness (QED) is 0.608. The van der Waals surface area contributed by atoms with Gasteiger partial charge in [-0.05, 0) is 6.07 Å². The topological polar surface area (TPSA) is 92.9 Å². The van der Waals surface area contributed by atoms with Crippen LogP contribution in [0.5, 0.6) is 0 Å². The summed E-state index contributed by atoms with van der Waals surface area (Å²) in [6, 6.07) is 3.98. The molecule has 0 aliphatic carbocycles. The number of methoxy groups -OCH3 is 1. The zero-order valence-corrected chi connectivity index (χ0v) is 10.1.